The van der Waals surface area contributed by atoms with Crippen LogP contribution in [-0.4, -0.2) is 0 Å². The summed E-state index contributed by atoms with van der Waals surface area (Å²) in [7, 11) is 0. The van der Waals surface area contributed by atoms with E-state index in [1.54, 1.807) is 0 Å². The summed E-state index contributed by atoms with van der Waals surface area (Å²) in [5, 5.41) is 8.56. The summed E-state index contributed by atoms with van der Waals surface area (Å²) in [6, 6.07) is 2.27. The molecule has 1 heteroatoms. The summed E-state index contributed by atoms with van der Waals surface area (Å²) < 4.78 is 0. The van der Waals surface area contributed by atoms with Crippen LogP contribution in [0.1, 0.15) is 65.2 Å². The van der Waals surface area contributed by atoms with Gasteiger partial charge in [0.05, 0.1) is 6.07 Å². The molecule has 1 unspecified atom stereocenters. The molecule has 0 heterocycles. The monoisotopic (exact) mass is 181 g/mol. The average molecular weight is 181 g/mol. The minimum absolute atomic E-state index is 0.659. The van der Waals surface area contributed by atoms with Crippen molar-refractivity contribution >= 4 is 0 Å². The molecule has 0 fully saturated rings. The van der Waals surface area contributed by atoms with E-state index in [4.69, 9.17) is 5.26 Å². The summed E-state index contributed by atoms with van der Waals surface area (Å²) >= 11 is 0. The molecule has 0 aromatic carbocycles. The first-order chi connectivity index (χ1) is 6.35. The smallest absolute Gasteiger partial charge is 0.0624 e. The quantitative estimate of drug-likeness (QED) is 0.512. The lowest BCUT2D eigenvalue weighted by Crippen LogP contribution is -1.97. The molecule has 13 heavy (non-hydrogen) atoms. The Labute approximate surface area is 83.1 Å². The molecule has 0 aliphatic heterocycles. The number of hydrogen-bond acceptors (Lipinski definition) is 1. The molecular formula is C12H23N. The molecular weight excluding hydrogens is 158 g/mol. The molecule has 1 nitrogen and oxygen atoms in total. The Balaban J connectivity index is 3.23. The lowest BCUT2D eigenvalue weighted by atomic mass is 9.95. The second-order valence-corrected chi connectivity index (χ2v) is 3.84. The van der Waals surface area contributed by atoms with E-state index in [1.165, 1.54) is 44.9 Å². The van der Waals surface area contributed by atoms with Gasteiger partial charge < -0.3 is 0 Å². The van der Waals surface area contributed by atoms with Gasteiger partial charge in [0.2, 0.25) is 0 Å². The number of rotatable bonds is 8. The van der Waals surface area contributed by atoms with Crippen LogP contribution in [0.15, 0.2) is 0 Å². The molecule has 0 aliphatic carbocycles. The fourth-order valence-electron chi connectivity index (χ4n) is 1.62. The van der Waals surface area contributed by atoms with Crippen molar-refractivity contribution in [1.29, 1.82) is 5.26 Å². The Bertz CT molecular complexity index is 135. The van der Waals surface area contributed by atoms with E-state index in [-0.39, 0.29) is 0 Å². The highest BCUT2D eigenvalue weighted by molar-refractivity contribution is 4.74. The molecule has 1 atom stereocenters. The molecule has 0 saturated heterocycles. The van der Waals surface area contributed by atoms with Crippen LogP contribution in [0.2, 0.25) is 0 Å². The van der Waals surface area contributed by atoms with Gasteiger partial charge in [-0.05, 0) is 12.3 Å². The summed E-state index contributed by atoms with van der Waals surface area (Å²) in [4.78, 5) is 0. The van der Waals surface area contributed by atoms with Crippen LogP contribution in [-0.2, 0) is 0 Å². The minimum Gasteiger partial charge on any atom is -0.198 e. The predicted octanol–water partition coefficient (Wildman–Crippen LogP) is 4.29. The van der Waals surface area contributed by atoms with Crippen LogP contribution in [0.3, 0.4) is 0 Å². The van der Waals surface area contributed by atoms with Gasteiger partial charge in [-0.1, -0.05) is 52.4 Å². The van der Waals surface area contributed by atoms with Crippen molar-refractivity contribution in [2.75, 3.05) is 0 Å². The lowest BCUT2D eigenvalue weighted by Gasteiger charge is -2.09. The van der Waals surface area contributed by atoms with Crippen molar-refractivity contribution in [3.63, 3.8) is 0 Å². The van der Waals surface area contributed by atoms with E-state index in [2.05, 4.69) is 19.9 Å². The number of hydrogen-bond donors (Lipinski definition) is 0. The second-order valence-electron chi connectivity index (χ2n) is 3.84. The van der Waals surface area contributed by atoms with Gasteiger partial charge in [-0.15, -0.1) is 0 Å². The third kappa shape index (κ3) is 7.84. The Morgan fingerprint density at radius 3 is 2.31 bits per heavy atom. The van der Waals surface area contributed by atoms with Crippen LogP contribution in [0.25, 0.3) is 0 Å². The zero-order chi connectivity index (χ0) is 9.94. The SMILES string of the molecule is CCCCCCCC(CC)CC#N. The topological polar surface area (TPSA) is 23.8 Å². The molecule has 0 spiro atoms. The van der Waals surface area contributed by atoms with Crippen molar-refractivity contribution in [2.24, 2.45) is 5.92 Å². The molecule has 0 amide bonds. The van der Waals surface area contributed by atoms with Crippen molar-refractivity contribution in [2.45, 2.75) is 65.2 Å². The number of nitriles is 1. The maximum absolute atomic E-state index is 8.56. The molecule has 0 bridgehead atoms. The molecule has 0 aliphatic rings. The van der Waals surface area contributed by atoms with E-state index in [1.807, 2.05) is 0 Å². The van der Waals surface area contributed by atoms with Gasteiger partial charge in [0.1, 0.15) is 0 Å². The molecule has 0 aromatic heterocycles. The predicted molar refractivity (Wildman–Crippen MR) is 57.4 cm³/mol. The standard InChI is InChI=1S/C12H23N/c1-3-5-6-7-8-9-12(4-2)10-11-13/h12H,3-10H2,1-2H3. The zero-order valence-corrected chi connectivity index (χ0v) is 9.18. The Morgan fingerprint density at radius 1 is 1.08 bits per heavy atom. The van der Waals surface area contributed by atoms with E-state index in [0.717, 1.165) is 6.42 Å². The normalized spacial score (nSPS) is 12.4. The van der Waals surface area contributed by atoms with E-state index < -0.39 is 0 Å². The maximum Gasteiger partial charge on any atom is 0.0624 e. The van der Waals surface area contributed by atoms with Gasteiger partial charge in [-0.3, -0.25) is 0 Å². The van der Waals surface area contributed by atoms with Gasteiger partial charge in [0.25, 0.3) is 0 Å². The summed E-state index contributed by atoms with van der Waals surface area (Å²) in [5.74, 6) is 0.659. The van der Waals surface area contributed by atoms with Crippen molar-refractivity contribution in [3.8, 4) is 6.07 Å². The first-order valence-corrected chi connectivity index (χ1v) is 5.72. The Kier molecular flexibility index (Phi) is 9.20. The van der Waals surface area contributed by atoms with Crippen LogP contribution in [0, 0.1) is 17.2 Å². The lowest BCUT2D eigenvalue weighted by molar-refractivity contribution is 0.447. The van der Waals surface area contributed by atoms with Gasteiger partial charge in [-0.25, -0.2) is 0 Å². The summed E-state index contributed by atoms with van der Waals surface area (Å²) in [5.41, 5.74) is 0. The molecule has 0 radical (unpaired) electrons. The third-order valence-corrected chi connectivity index (χ3v) is 2.67. The first-order valence-electron chi connectivity index (χ1n) is 5.72. The van der Waals surface area contributed by atoms with Crippen molar-refractivity contribution in [3.05, 3.63) is 0 Å². The number of unbranched alkanes of at least 4 members (excludes halogenated alkanes) is 4. The molecule has 0 aromatic rings. The fourth-order valence-corrected chi connectivity index (χ4v) is 1.62. The van der Waals surface area contributed by atoms with Crippen LogP contribution >= 0.6 is 0 Å². The molecule has 0 N–H and O–H groups in total. The summed E-state index contributed by atoms with van der Waals surface area (Å²) in [6.07, 6.45) is 9.92. The maximum atomic E-state index is 8.56. The van der Waals surface area contributed by atoms with Gasteiger partial charge in [-0.2, -0.15) is 5.26 Å². The highest BCUT2D eigenvalue weighted by Gasteiger charge is 2.04. The third-order valence-electron chi connectivity index (χ3n) is 2.67. The minimum atomic E-state index is 0.659. The van der Waals surface area contributed by atoms with Crippen LogP contribution in [0.4, 0.5) is 0 Å². The van der Waals surface area contributed by atoms with Gasteiger partial charge >= 0.3 is 0 Å². The molecule has 76 valence electrons. The van der Waals surface area contributed by atoms with E-state index >= 15 is 0 Å². The van der Waals surface area contributed by atoms with Crippen molar-refractivity contribution in [1.82, 2.24) is 0 Å². The first kappa shape index (κ1) is 12.5. The zero-order valence-electron chi connectivity index (χ0n) is 9.18. The highest BCUT2D eigenvalue weighted by atomic mass is 14.2. The Morgan fingerprint density at radius 2 is 1.77 bits per heavy atom. The second kappa shape index (κ2) is 9.58. The largest absolute Gasteiger partial charge is 0.198 e. The average Bonchev–Trinajstić information content (AvgIpc) is 2.16. The number of nitrogens with zero attached hydrogens (tertiary/aromatic N) is 1. The molecule has 0 saturated carbocycles. The van der Waals surface area contributed by atoms with Gasteiger partial charge in [0.15, 0.2) is 0 Å². The molecule has 0 rings (SSSR count). The Hall–Kier alpha value is -0.510. The van der Waals surface area contributed by atoms with E-state index in [0.29, 0.717) is 5.92 Å². The van der Waals surface area contributed by atoms with Crippen LogP contribution in [0.5, 0.6) is 0 Å². The van der Waals surface area contributed by atoms with Crippen molar-refractivity contribution < 1.29 is 0 Å². The van der Waals surface area contributed by atoms with E-state index in [9.17, 15) is 0 Å². The van der Waals surface area contributed by atoms with Crippen LogP contribution < -0.4 is 0 Å². The highest BCUT2D eigenvalue weighted by Crippen LogP contribution is 2.17. The van der Waals surface area contributed by atoms with Gasteiger partial charge in [0, 0.05) is 6.42 Å². The fraction of sp³-hybridized carbons (Fsp3) is 0.917. The summed E-state index contributed by atoms with van der Waals surface area (Å²) in [6.45, 7) is 4.43.